The summed E-state index contributed by atoms with van der Waals surface area (Å²) in [5.74, 6) is 0.0244. The van der Waals surface area contributed by atoms with Crippen LogP contribution in [0.15, 0.2) is 0 Å². The number of thioether (sulfide) groups is 1. The van der Waals surface area contributed by atoms with Crippen molar-refractivity contribution in [2.24, 2.45) is 0 Å². The van der Waals surface area contributed by atoms with Gasteiger partial charge in [-0.15, -0.1) is 0 Å². The number of hydrogen-bond donors (Lipinski definition) is 1. The summed E-state index contributed by atoms with van der Waals surface area (Å²) in [7, 11) is 1.56. The fourth-order valence-electron chi connectivity index (χ4n) is 0.968. The van der Waals surface area contributed by atoms with E-state index in [9.17, 15) is 13.2 Å². The number of ether oxygens (including phenoxy) is 1. The minimum atomic E-state index is -4.13. The Labute approximate surface area is 86.6 Å². The Bertz CT molecular complexity index is 161. The van der Waals surface area contributed by atoms with Crippen LogP contribution in [0.2, 0.25) is 0 Å². The monoisotopic (exact) mass is 231 g/mol. The van der Waals surface area contributed by atoms with Gasteiger partial charge in [0.25, 0.3) is 0 Å². The van der Waals surface area contributed by atoms with Crippen molar-refractivity contribution >= 4 is 11.8 Å². The molecule has 0 atom stereocenters. The molecule has 0 heterocycles. The van der Waals surface area contributed by atoms with E-state index in [4.69, 9.17) is 4.74 Å². The number of rotatable bonds is 6. The van der Waals surface area contributed by atoms with E-state index in [0.717, 1.165) is 0 Å². The Morgan fingerprint density at radius 1 is 1.29 bits per heavy atom. The first-order valence-corrected chi connectivity index (χ1v) is 5.20. The molecule has 0 unspecified atom stereocenters. The Balaban J connectivity index is 3.54. The summed E-state index contributed by atoms with van der Waals surface area (Å²) in [6.45, 7) is 4.56. The Hall–Kier alpha value is 0.0600. The molecule has 0 rings (SSSR count). The van der Waals surface area contributed by atoms with Crippen molar-refractivity contribution in [2.75, 3.05) is 26.0 Å². The first kappa shape index (κ1) is 14.1. The van der Waals surface area contributed by atoms with Gasteiger partial charge >= 0.3 is 5.51 Å². The minimum absolute atomic E-state index is 0.0110. The molecule has 0 spiro atoms. The molecule has 0 saturated heterocycles. The maximum atomic E-state index is 11.7. The van der Waals surface area contributed by atoms with E-state index in [0.29, 0.717) is 13.2 Å². The van der Waals surface area contributed by atoms with Crippen LogP contribution in [0.25, 0.3) is 0 Å². The van der Waals surface area contributed by atoms with E-state index in [1.165, 1.54) is 0 Å². The highest BCUT2D eigenvalue weighted by atomic mass is 32.2. The fourth-order valence-corrected chi connectivity index (χ4v) is 1.40. The molecular weight excluding hydrogens is 215 g/mol. The van der Waals surface area contributed by atoms with Gasteiger partial charge in [0.1, 0.15) is 0 Å². The number of hydrogen-bond acceptors (Lipinski definition) is 3. The molecule has 2 nitrogen and oxygen atoms in total. The van der Waals surface area contributed by atoms with Gasteiger partial charge < -0.3 is 10.1 Å². The zero-order valence-electron chi connectivity index (χ0n) is 8.57. The molecule has 0 fully saturated rings. The second-order valence-electron chi connectivity index (χ2n) is 3.54. The van der Waals surface area contributed by atoms with Crippen molar-refractivity contribution in [2.45, 2.75) is 24.9 Å². The second-order valence-corrected chi connectivity index (χ2v) is 4.70. The molecule has 0 saturated carbocycles. The fraction of sp³-hybridized carbons (Fsp3) is 1.00. The van der Waals surface area contributed by atoms with E-state index in [1.807, 2.05) is 13.8 Å². The first-order valence-electron chi connectivity index (χ1n) is 4.21. The molecule has 14 heavy (non-hydrogen) atoms. The highest BCUT2D eigenvalue weighted by molar-refractivity contribution is 8.00. The smallest absolute Gasteiger partial charge is 0.383 e. The molecule has 86 valence electrons. The summed E-state index contributed by atoms with van der Waals surface area (Å²) in [4.78, 5) is 0. The predicted molar refractivity (Wildman–Crippen MR) is 52.5 cm³/mol. The molecule has 0 bridgehead atoms. The van der Waals surface area contributed by atoms with Crippen LogP contribution in [0.5, 0.6) is 0 Å². The zero-order valence-corrected chi connectivity index (χ0v) is 9.39. The number of alkyl halides is 3. The maximum Gasteiger partial charge on any atom is 0.441 e. The highest BCUT2D eigenvalue weighted by Gasteiger charge is 2.27. The molecule has 6 heteroatoms. The molecule has 0 amide bonds. The largest absolute Gasteiger partial charge is 0.441 e. The minimum Gasteiger partial charge on any atom is -0.383 e. The first-order chi connectivity index (χ1) is 6.27. The van der Waals surface area contributed by atoms with Crippen LogP contribution in [0.3, 0.4) is 0 Å². The third-order valence-corrected chi connectivity index (χ3v) is 2.21. The standard InChI is InChI=1S/C8H16F3NOS/c1-7(2,6-13-3)12-4-5-14-8(9,10)11/h12H,4-6H2,1-3H3. The van der Waals surface area contributed by atoms with Gasteiger partial charge in [-0.1, -0.05) is 0 Å². The maximum absolute atomic E-state index is 11.7. The SMILES string of the molecule is COCC(C)(C)NCCSC(F)(F)F. The quantitative estimate of drug-likeness (QED) is 0.708. The van der Waals surface area contributed by atoms with Crippen LogP contribution < -0.4 is 5.32 Å². The number of methoxy groups -OCH3 is 1. The van der Waals surface area contributed by atoms with Gasteiger partial charge in [-0.25, -0.2) is 0 Å². The average Bonchev–Trinajstić information content (AvgIpc) is 1.96. The Morgan fingerprint density at radius 3 is 2.29 bits per heavy atom. The molecule has 0 aliphatic rings. The number of halogens is 3. The van der Waals surface area contributed by atoms with Gasteiger partial charge in [-0.2, -0.15) is 13.2 Å². The van der Waals surface area contributed by atoms with E-state index in [2.05, 4.69) is 5.32 Å². The van der Waals surface area contributed by atoms with E-state index in [1.54, 1.807) is 7.11 Å². The Kier molecular flexibility index (Phi) is 5.85. The normalized spacial score (nSPS) is 13.3. The van der Waals surface area contributed by atoms with E-state index < -0.39 is 5.51 Å². The topological polar surface area (TPSA) is 21.3 Å². The van der Waals surface area contributed by atoms with E-state index >= 15 is 0 Å². The average molecular weight is 231 g/mol. The van der Waals surface area contributed by atoms with Gasteiger partial charge in [-0.3, -0.25) is 0 Å². The lowest BCUT2D eigenvalue weighted by molar-refractivity contribution is -0.0328. The molecule has 1 N–H and O–H groups in total. The zero-order chi connectivity index (χ0) is 11.2. The summed E-state index contributed by atoms with van der Waals surface area (Å²) in [5, 5.41) is 2.99. The van der Waals surface area contributed by atoms with Crippen molar-refractivity contribution in [3.05, 3.63) is 0 Å². The van der Waals surface area contributed by atoms with Crippen LogP contribution in [0.1, 0.15) is 13.8 Å². The van der Waals surface area contributed by atoms with Gasteiger partial charge in [0, 0.05) is 24.9 Å². The molecule has 0 aromatic carbocycles. The summed E-state index contributed by atoms with van der Waals surface area (Å²) in [6.07, 6.45) is 0. The molecule has 0 aliphatic heterocycles. The van der Waals surface area contributed by atoms with Gasteiger partial charge in [0.05, 0.1) is 6.61 Å². The number of nitrogens with one attached hydrogen (secondary N) is 1. The van der Waals surface area contributed by atoms with Crippen LogP contribution >= 0.6 is 11.8 Å². The predicted octanol–water partition coefficient (Wildman–Crippen LogP) is 2.25. The molecule has 0 aromatic rings. The van der Waals surface area contributed by atoms with Crippen molar-refractivity contribution in [1.82, 2.24) is 5.32 Å². The summed E-state index contributed by atoms with van der Waals surface area (Å²) in [6, 6.07) is 0. The third-order valence-electron chi connectivity index (χ3n) is 1.48. The lowest BCUT2D eigenvalue weighted by Gasteiger charge is -2.25. The van der Waals surface area contributed by atoms with E-state index in [-0.39, 0.29) is 23.1 Å². The second kappa shape index (κ2) is 5.82. The van der Waals surface area contributed by atoms with Gasteiger partial charge in [-0.05, 0) is 25.6 Å². The summed E-state index contributed by atoms with van der Waals surface area (Å²) < 4.78 is 40.1. The van der Waals surface area contributed by atoms with Crippen molar-refractivity contribution in [1.29, 1.82) is 0 Å². The lowest BCUT2D eigenvalue weighted by atomic mass is 10.1. The molecular formula is C8H16F3NOS. The highest BCUT2D eigenvalue weighted by Crippen LogP contribution is 2.29. The molecule has 0 radical (unpaired) electrons. The van der Waals surface area contributed by atoms with Gasteiger partial charge in [0.15, 0.2) is 0 Å². The van der Waals surface area contributed by atoms with Crippen LogP contribution in [-0.2, 0) is 4.74 Å². The lowest BCUT2D eigenvalue weighted by Crippen LogP contribution is -2.44. The van der Waals surface area contributed by atoms with Gasteiger partial charge in [0.2, 0.25) is 0 Å². The Morgan fingerprint density at radius 2 is 1.86 bits per heavy atom. The van der Waals surface area contributed by atoms with Crippen molar-refractivity contribution < 1.29 is 17.9 Å². The van der Waals surface area contributed by atoms with Crippen LogP contribution in [0, 0.1) is 0 Å². The molecule has 0 aliphatic carbocycles. The van der Waals surface area contributed by atoms with Crippen molar-refractivity contribution in [3.8, 4) is 0 Å². The summed E-state index contributed by atoms with van der Waals surface area (Å²) in [5.41, 5.74) is -4.41. The van der Waals surface area contributed by atoms with Crippen LogP contribution in [-0.4, -0.2) is 37.1 Å². The van der Waals surface area contributed by atoms with Crippen molar-refractivity contribution in [3.63, 3.8) is 0 Å². The summed E-state index contributed by atoms with van der Waals surface area (Å²) >= 11 is -0.0110. The molecule has 0 aromatic heterocycles. The van der Waals surface area contributed by atoms with Crippen LogP contribution in [0.4, 0.5) is 13.2 Å². The third kappa shape index (κ3) is 8.65.